The zero-order valence-electron chi connectivity index (χ0n) is 12.5. The number of sulfonamides is 1. The van der Waals surface area contributed by atoms with Crippen LogP contribution in [0.2, 0.25) is 0 Å². The fourth-order valence-electron chi connectivity index (χ4n) is 2.75. The molecular formula is C15H24N2O2S. The van der Waals surface area contributed by atoms with E-state index in [0.29, 0.717) is 24.7 Å². The molecule has 0 radical (unpaired) electrons. The lowest BCUT2D eigenvalue weighted by Gasteiger charge is -2.31. The van der Waals surface area contributed by atoms with Crippen LogP contribution in [0.25, 0.3) is 0 Å². The second-order valence-electron chi connectivity index (χ2n) is 5.75. The van der Waals surface area contributed by atoms with Crippen molar-refractivity contribution in [1.29, 1.82) is 0 Å². The van der Waals surface area contributed by atoms with E-state index in [2.05, 4.69) is 6.92 Å². The van der Waals surface area contributed by atoms with Gasteiger partial charge in [-0.2, -0.15) is 4.31 Å². The van der Waals surface area contributed by atoms with Gasteiger partial charge in [-0.05, 0) is 55.9 Å². The van der Waals surface area contributed by atoms with E-state index in [0.717, 1.165) is 30.4 Å². The van der Waals surface area contributed by atoms with Crippen LogP contribution in [0.15, 0.2) is 17.0 Å². The van der Waals surface area contributed by atoms with Crippen molar-refractivity contribution < 1.29 is 8.42 Å². The van der Waals surface area contributed by atoms with Crippen molar-refractivity contribution in [1.82, 2.24) is 4.31 Å². The highest BCUT2D eigenvalue weighted by molar-refractivity contribution is 7.89. The van der Waals surface area contributed by atoms with E-state index in [9.17, 15) is 8.42 Å². The molecule has 112 valence electrons. The molecule has 1 atom stereocenters. The molecule has 1 aliphatic heterocycles. The summed E-state index contributed by atoms with van der Waals surface area (Å²) in [4.78, 5) is 0.261. The highest BCUT2D eigenvalue weighted by Crippen LogP contribution is 2.29. The second kappa shape index (κ2) is 5.74. The molecule has 0 bridgehead atoms. The van der Waals surface area contributed by atoms with Crippen LogP contribution in [-0.4, -0.2) is 25.8 Å². The fraction of sp³-hybridized carbons (Fsp3) is 0.600. The lowest BCUT2D eigenvalue weighted by Crippen LogP contribution is -2.40. The number of piperidine rings is 1. The summed E-state index contributed by atoms with van der Waals surface area (Å²) >= 11 is 0. The molecule has 0 aromatic heterocycles. The average Bonchev–Trinajstić information content (AvgIpc) is 2.42. The van der Waals surface area contributed by atoms with E-state index in [1.807, 2.05) is 13.8 Å². The first-order valence-corrected chi connectivity index (χ1v) is 8.67. The van der Waals surface area contributed by atoms with Crippen molar-refractivity contribution in [3.63, 3.8) is 0 Å². The molecule has 1 fully saturated rings. The summed E-state index contributed by atoms with van der Waals surface area (Å²) < 4.78 is 27.2. The predicted octanol–water partition coefficient (Wildman–Crippen LogP) is 2.70. The van der Waals surface area contributed by atoms with Gasteiger partial charge in [-0.15, -0.1) is 0 Å². The van der Waals surface area contributed by atoms with Crippen LogP contribution >= 0.6 is 0 Å². The largest absolute Gasteiger partial charge is 0.398 e. The molecule has 1 aromatic rings. The number of rotatable bonds is 3. The van der Waals surface area contributed by atoms with E-state index in [4.69, 9.17) is 5.73 Å². The SMILES string of the molecule is CCC1CCCN(S(=O)(=O)c2cc(C)c(C)cc2N)C1. The first kappa shape index (κ1) is 15.3. The molecule has 1 heterocycles. The Kier molecular flexibility index (Phi) is 4.39. The number of aryl methyl sites for hydroxylation is 2. The first-order valence-electron chi connectivity index (χ1n) is 7.23. The molecular weight excluding hydrogens is 272 g/mol. The van der Waals surface area contributed by atoms with Gasteiger partial charge in [0.2, 0.25) is 10.0 Å². The van der Waals surface area contributed by atoms with Crippen LogP contribution < -0.4 is 5.73 Å². The molecule has 0 saturated carbocycles. The lowest BCUT2D eigenvalue weighted by atomic mass is 9.97. The Morgan fingerprint density at radius 3 is 2.60 bits per heavy atom. The highest BCUT2D eigenvalue weighted by Gasteiger charge is 2.31. The highest BCUT2D eigenvalue weighted by atomic mass is 32.2. The average molecular weight is 296 g/mol. The van der Waals surface area contributed by atoms with Crippen LogP contribution in [0.3, 0.4) is 0 Å². The minimum Gasteiger partial charge on any atom is -0.398 e. The van der Waals surface area contributed by atoms with Crippen molar-refractivity contribution in [3.05, 3.63) is 23.3 Å². The van der Waals surface area contributed by atoms with Crippen LogP contribution in [0.4, 0.5) is 5.69 Å². The molecule has 0 spiro atoms. The fourth-order valence-corrected chi connectivity index (χ4v) is 4.49. The van der Waals surface area contributed by atoms with Crippen LogP contribution in [0.1, 0.15) is 37.3 Å². The Labute approximate surface area is 122 Å². The summed E-state index contributed by atoms with van der Waals surface area (Å²) in [7, 11) is -3.47. The Bertz CT molecular complexity index is 596. The summed E-state index contributed by atoms with van der Waals surface area (Å²) in [6.07, 6.45) is 3.07. The van der Waals surface area contributed by atoms with Gasteiger partial charge in [-0.25, -0.2) is 8.42 Å². The number of nitrogens with two attached hydrogens (primary N) is 1. The summed E-state index contributed by atoms with van der Waals surface area (Å²) in [5.41, 5.74) is 8.28. The number of hydrogen-bond donors (Lipinski definition) is 1. The molecule has 1 unspecified atom stereocenters. The van der Waals surface area contributed by atoms with Crippen molar-refractivity contribution in [2.24, 2.45) is 5.92 Å². The Morgan fingerprint density at radius 2 is 1.95 bits per heavy atom. The van der Waals surface area contributed by atoms with Gasteiger partial charge in [0.1, 0.15) is 4.90 Å². The molecule has 2 rings (SSSR count). The van der Waals surface area contributed by atoms with E-state index >= 15 is 0 Å². The minimum atomic E-state index is -3.47. The van der Waals surface area contributed by atoms with Gasteiger partial charge >= 0.3 is 0 Å². The Hall–Kier alpha value is -1.07. The molecule has 1 saturated heterocycles. The van der Waals surface area contributed by atoms with Crippen LogP contribution in [-0.2, 0) is 10.0 Å². The standard InChI is InChI=1S/C15H24N2O2S/c1-4-13-6-5-7-17(10-13)20(18,19)15-9-12(3)11(2)8-14(15)16/h8-9,13H,4-7,10,16H2,1-3H3. The van der Waals surface area contributed by atoms with Crippen LogP contribution in [0.5, 0.6) is 0 Å². The monoisotopic (exact) mass is 296 g/mol. The zero-order chi connectivity index (χ0) is 14.9. The van der Waals surface area contributed by atoms with Crippen molar-refractivity contribution in [2.75, 3.05) is 18.8 Å². The molecule has 1 aliphatic rings. The third-order valence-corrected chi connectivity index (χ3v) is 6.22. The molecule has 20 heavy (non-hydrogen) atoms. The van der Waals surface area contributed by atoms with Crippen molar-refractivity contribution in [3.8, 4) is 0 Å². The van der Waals surface area contributed by atoms with Crippen LogP contribution in [0, 0.1) is 19.8 Å². The number of nitrogen functional groups attached to an aromatic ring is 1. The molecule has 5 heteroatoms. The third-order valence-electron chi connectivity index (χ3n) is 4.30. The molecule has 4 nitrogen and oxygen atoms in total. The zero-order valence-corrected chi connectivity index (χ0v) is 13.3. The molecule has 1 aromatic carbocycles. The topological polar surface area (TPSA) is 63.4 Å². The normalized spacial score (nSPS) is 21.1. The van der Waals surface area contributed by atoms with Gasteiger partial charge in [-0.1, -0.05) is 13.3 Å². The van der Waals surface area contributed by atoms with Gasteiger partial charge in [-0.3, -0.25) is 0 Å². The van der Waals surface area contributed by atoms with Gasteiger partial charge in [0.05, 0.1) is 5.69 Å². The quantitative estimate of drug-likeness (QED) is 0.872. The van der Waals surface area contributed by atoms with Gasteiger partial charge in [0.25, 0.3) is 0 Å². The predicted molar refractivity (Wildman–Crippen MR) is 82.1 cm³/mol. The molecule has 0 amide bonds. The van der Waals surface area contributed by atoms with Gasteiger partial charge in [0, 0.05) is 13.1 Å². The lowest BCUT2D eigenvalue weighted by molar-refractivity contribution is 0.261. The number of nitrogens with zero attached hydrogens (tertiary/aromatic N) is 1. The van der Waals surface area contributed by atoms with Gasteiger partial charge < -0.3 is 5.73 Å². The summed E-state index contributed by atoms with van der Waals surface area (Å²) in [5, 5.41) is 0. The number of benzene rings is 1. The maximum Gasteiger partial charge on any atom is 0.245 e. The van der Waals surface area contributed by atoms with Crippen molar-refractivity contribution >= 4 is 15.7 Å². The molecule has 0 aliphatic carbocycles. The Morgan fingerprint density at radius 1 is 1.30 bits per heavy atom. The third kappa shape index (κ3) is 2.83. The summed E-state index contributed by atoms with van der Waals surface area (Å²) in [6.45, 7) is 7.19. The number of anilines is 1. The van der Waals surface area contributed by atoms with E-state index < -0.39 is 10.0 Å². The van der Waals surface area contributed by atoms with E-state index in [1.165, 1.54) is 0 Å². The summed E-state index contributed by atoms with van der Waals surface area (Å²) in [5.74, 6) is 0.464. The maximum atomic E-state index is 12.8. The minimum absolute atomic E-state index is 0.261. The van der Waals surface area contributed by atoms with Crippen molar-refractivity contribution in [2.45, 2.75) is 44.9 Å². The first-order chi connectivity index (χ1) is 9.36. The van der Waals surface area contributed by atoms with E-state index in [-0.39, 0.29) is 4.90 Å². The van der Waals surface area contributed by atoms with E-state index in [1.54, 1.807) is 16.4 Å². The second-order valence-corrected chi connectivity index (χ2v) is 7.66. The summed E-state index contributed by atoms with van der Waals surface area (Å²) in [6, 6.07) is 3.46. The Balaban J connectivity index is 2.37. The maximum absolute atomic E-state index is 12.8. The van der Waals surface area contributed by atoms with Gasteiger partial charge in [0.15, 0.2) is 0 Å². The molecule has 2 N–H and O–H groups in total. The number of hydrogen-bond acceptors (Lipinski definition) is 3. The smallest absolute Gasteiger partial charge is 0.245 e.